The summed E-state index contributed by atoms with van der Waals surface area (Å²) in [6.45, 7) is 0. The maximum absolute atomic E-state index is 9.77. The predicted molar refractivity (Wildman–Crippen MR) is 14.9 cm³/mol. The van der Waals surface area contributed by atoms with Crippen LogP contribution in [0.3, 0.4) is 0 Å². The Labute approximate surface area is 30.1 Å². The maximum Gasteiger partial charge on any atom is 0.199 e. The lowest BCUT2D eigenvalue weighted by atomic mass is 10.7. The van der Waals surface area contributed by atoms with E-state index in [4.69, 9.17) is 5.11 Å². The Morgan fingerprint density at radius 1 is 1.60 bits per heavy atom. The van der Waals surface area contributed by atoms with Crippen LogP contribution in [0, 0.1) is 0 Å². The van der Waals surface area contributed by atoms with E-state index < -0.39 is 5.79 Å². The van der Waals surface area contributed by atoms with Gasteiger partial charge in [0.1, 0.15) is 0 Å². The Kier molecular flexibility index (Phi) is 0.333. The third-order valence-corrected chi connectivity index (χ3v) is 0.678. The van der Waals surface area contributed by atoms with Gasteiger partial charge in [0.2, 0.25) is 0 Å². The fourth-order valence-corrected chi connectivity index (χ4v) is 0.107. The van der Waals surface area contributed by atoms with Gasteiger partial charge in [-0.25, -0.2) is 0 Å². The highest BCUT2D eigenvalue weighted by Crippen LogP contribution is 2.31. The second-order valence-corrected chi connectivity index (χ2v) is 1.45. The largest absolute Gasteiger partial charge is 0.363 e. The van der Waals surface area contributed by atoms with Gasteiger partial charge in [-0.3, -0.25) is 0 Å². The van der Waals surface area contributed by atoms with Crippen LogP contribution >= 0.6 is 0 Å². The third kappa shape index (κ3) is 0.597. The van der Waals surface area contributed by atoms with Crippen LogP contribution in [0.4, 0.5) is 0 Å². The lowest BCUT2D eigenvalue weighted by molar-refractivity contribution is -0.119. The van der Waals surface area contributed by atoms with Crippen molar-refractivity contribution in [3.63, 3.8) is 0 Å². The molecule has 0 bridgehead atoms. The van der Waals surface area contributed by atoms with Gasteiger partial charge < -0.3 is 5.11 Å². The molecule has 1 aliphatic carbocycles. The van der Waals surface area contributed by atoms with Gasteiger partial charge in [0, 0.05) is 12.8 Å². The van der Waals surface area contributed by atoms with Crippen LogP contribution < -0.4 is 0 Å². The highest BCUT2D eigenvalue weighted by atomic mass is 16.5. The number of hydrogen-bond donors (Lipinski definition) is 1. The molecule has 0 saturated heterocycles. The van der Waals surface area contributed by atoms with Crippen LogP contribution in [0.1, 0.15) is 12.8 Å². The smallest absolute Gasteiger partial charge is 0.199 e. The average molecular weight is 73.1 g/mol. The van der Waals surface area contributed by atoms with E-state index in [-0.39, 0.29) is 0 Å². The van der Waals surface area contributed by atoms with Crippen molar-refractivity contribution in [1.29, 1.82) is 0 Å². The molecule has 1 saturated carbocycles. The molecule has 0 heterocycles. The first-order valence-electron chi connectivity index (χ1n) is 1.63. The first-order valence-corrected chi connectivity index (χ1v) is 1.63. The molecule has 0 aromatic rings. The van der Waals surface area contributed by atoms with Crippen molar-refractivity contribution in [2.45, 2.75) is 18.6 Å². The molecule has 0 amide bonds. The molecular weight excluding hydrogens is 68.0 g/mol. The molecule has 0 aromatic carbocycles. The first-order chi connectivity index (χ1) is 2.21. The van der Waals surface area contributed by atoms with Crippen molar-refractivity contribution in [2.24, 2.45) is 0 Å². The Morgan fingerprint density at radius 3 is 1.80 bits per heavy atom. The van der Waals surface area contributed by atoms with E-state index in [0.29, 0.717) is 12.8 Å². The summed E-state index contributed by atoms with van der Waals surface area (Å²) in [6, 6.07) is 0. The predicted octanol–water partition coefficient (Wildman–Crippen LogP) is -0.101. The standard InChI is InChI=1S/C3H5O2/c4-3(5)1-2-3/h4H,1-2H2. The van der Waals surface area contributed by atoms with E-state index in [1.807, 2.05) is 0 Å². The van der Waals surface area contributed by atoms with Crippen molar-refractivity contribution in [1.82, 2.24) is 0 Å². The molecule has 1 radical (unpaired) electrons. The maximum atomic E-state index is 9.77. The monoisotopic (exact) mass is 73.0 g/mol. The van der Waals surface area contributed by atoms with Gasteiger partial charge in [0.25, 0.3) is 0 Å². The number of hydrogen-bond acceptors (Lipinski definition) is 1. The molecule has 1 fully saturated rings. The molecule has 1 N–H and O–H groups in total. The van der Waals surface area contributed by atoms with Crippen molar-refractivity contribution in [2.75, 3.05) is 0 Å². The Bertz CT molecular complexity index is 42.9. The number of aliphatic hydroxyl groups is 1. The van der Waals surface area contributed by atoms with Crippen molar-refractivity contribution in [3.05, 3.63) is 0 Å². The summed E-state index contributed by atoms with van der Waals surface area (Å²) < 4.78 is 0. The van der Waals surface area contributed by atoms with Crippen LogP contribution in [0.5, 0.6) is 0 Å². The highest BCUT2D eigenvalue weighted by molar-refractivity contribution is 4.79. The van der Waals surface area contributed by atoms with Gasteiger partial charge in [0.15, 0.2) is 5.79 Å². The Hall–Kier alpha value is -0.0800. The van der Waals surface area contributed by atoms with E-state index in [1.54, 1.807) is 0 Å². The summed E-state index contributed by atoms with van der Waals surface area (Å²) in [6.07, 6.45) is 0.903. The topological polar surface area (TPSA) is 40.1 Å². The third-order valence-electron chi connectivity index (χ3n) is 0.678. The van der Waals surface area contributed by atoms with Crippen LogP contribution in [-0.2, 0) is 5.11 Å². The molecule has 0 spiro atoms. The molecule has 2 nitrogen and oxygen atoms in total. The zero-order chi connectivity index (χ0) is 3.91. The zero-order valence-electron chi connectivity index (χ0n) is 2.77. The van der Waals surface area contributed by atoms with Crippen molar-refractivity contribution < 1.29 is 10.2 Å². The molecular formula is C3H5O2. The van der Waals surface area contributed by atoms with Gasteiger partial charge in [-0.1, -0.05) is 0 Å². The second-order valence-electron chi connectivity index (χ2n) is 1.45. The summed E-state index contributed by atoms with van der Waals surface area (Å²) in [5.41, 5.74) is 0. The van der Waals surface area contributed by atoms with Crippen LogP contribution in [0.25, 0.3) is 0 Å². The van der Waals surface area contributed by atoms with E-state index in [0.717, 1.165) is 0 Å². The number of rotatable bonds is 0. The molecule has 0 unspecified atom stereocenters. The van der Waals surface area contributed by atoms with Gasteiger partial charge in [-0.2, -0.15) is 5.11 Å². The van der Waals surface area contributed by atoms with Crippen LogP contribution in [-0.4, -0.2) is 10.9 Å². The lowest BCUT2D eigenvalue weighted by Gasteiger charge is -1.81. The molecule has 2 heteroatoms. The summed E-state index contributed by atoms with van der Waals surface area (Å²) in [5, 5.41) is 17.8. The van der Waals surface area contributed by atoms with Crippen LogP contribution in [0.2, 0.25) is 0 Å². The first kappa shape index (κ1) is 3.12. The zero-order valence-corrected chi connectivity index (χ0v) is 2.77. The normalized spacial score (nSPS) is 30.0. The van der Waals surface area contributed by atoms with E-state index in [1.165, 1.54) is 0 Å². The molecule has 0 atom stereocenters. The van der Waals surface area contributed by atoms with Gasteiger partial charge in [-0.15, -0.1) is 0 Å². The Morgan fingerprint density at radius 2 is 1.80 bits per heavy atom. The van der Waals surface area contributed by atoms with Crippen molar-refractivity contribution >= 4 is 0 Å². The fraction of sp³-hybridized carbons (Fsp3) is 1.00. The molecule has 1 rings (SSSR count). The fourth-order valence-electron chi connectivity index (χ4n) is 0.107. The quantitative estimate of drug-likeness (QED) is 0.399. The van der Waals surface area contributed by atoms with Gasteiger partial charge in [-0.05, 0) is 0 Å². The Balaban J connectivity index is 2.38. The molecule has 29 valence electrons. The molecule has 1 aliphatic rings. The van der Waals surface area contributed by atoms with Gasteiger partial charge >= 0.3 is 0 Å². The van der Waals surface area contributed by atoms with Gasteiger partial charge in [0.05, 0.1) is 0 Å². The second kappa shape index (κ2) is 0.533. The summed E-state index contributed by atoms with van der Waals surface area (Å²) >= 11 is 0. The average Bonchev–Trinajstić information content (AvgIpc) is 1.76. The van der Waals surface area contributed by atoms with E-state index in [9.17, 15) is 5.11 Å². The minimum atomic E-state index is -1.50. The van der Waals surface area contributed by atoms with Crippen molar-refractivity contribution in [3.8, 4) is 0 Å². The summed E-state index contributed by atoms with van der Waals surface area (Å²) in [7, 11) is 0. The molecule has 5 heavy (non-hydrogen) atoms. The SMILES string of the molecule is [O]C1(O)CC1. The van der Waals surface area contributed by atoms with E-state index >= 15 is 0 Å². The summed E-state index contributed by atoms with van der Waals surface area (Å²) in [5.74, 6) is -1.50. The molecule has 0 aromatic heterocycles. The summed E-state index contributed by atoms with van der Waals surface area (Å²) in [4.78, 5) is 0. The minimum Gasteiger partial charge on any atom is -0.363 e. The molecule has 0 aliphatic heterocycles. The van der Waals surface area contributed by atoms with Crippen LogP contribution in [0.15, 0.2) is 0 Å². The van der Waals surface area contributed by atoms with E-state index in [2.05, 4.69) is 0 Å². The minimum absolute atomic E-state index is 0.451. The highest BCUT2D eigenvalue weighted by Gasteiger charge is 2.39. The lowest BCUT2D eigenvalue weighted by Crippen LogP contribution is -1.98.